The maximum absolute atomic E-state index is 13.8. The smallest absolute Gasteiger partial charge is 0.152 e. The molecule has 2 heterocycles. The highest BCUT2D eigenvalue weighted by Gasteiger charge is 2.22. The molecule has 1 aromatic carbocycles. The molecule has 1 unspecified atom stereocenters. The summed E-state index contributed by atoms with van der Waals surface area (Å²) in [6.07, 6.45) is 1.75. The number of fused-ring (bicyclic) bond motifs is 1. The molecule has 2 aromatic rings. The highest BCUT2D eigenvalue weighted by Crippen LogP contribution is 2.30. The van der Waals surface area contributed by atoms with E-state index in [1.807, 2.05) is 17.6 Å². The van der Waals surface area contributed by atoms with Crippen molar-refractivity contribution in [3.8, 4) is 0 Å². The molecule has 0 saturated heterocycles. The van der Waals surface area contributed by atoms with Crippen LogP contribution in [0, 0.1) is 12.7 Å². The fraction of sp³-hybridized carbons (Fsp3) is 0.429. The van der Waals surface area contributed by atoms with Gasteiger partial charge in [0.25, 0.3) is 0 Å². The molecule has 5 nitrogen and oxygen atoms in total. The summed E-state index contributed by atoms with van der Waals surface area (Å²) in [6.45, 7) is 5.99. The number of benzene rings is 1. The molecule has 20 heavy (non-hydrogen) atoms. The normalized spacial score (nSPS) is 16.1. The Morgan fingerprint density at radius 1 is 1.35 bits per heavy atom. The summed E-state index contributed by atoms with van der Waals surface area (Å²) in [5.74, 6) is 0.718. The molecule has 1 aliphatic rings. The summed E-state index contributed by atoms with van der Waals surface area (Å²) in [5, 5.41) is 8.04. The van der Waals surface area contributed by atoms with Crippen LogP contribution >= 0.6 is 0 Å². The van der Waals surface area contributed by atoms with Crippen molar-refractivity contribution in [3.05, 3.63) is 41.2 Å². The van der Waals surface area contributed by atoms with Crippen molar-refractivity contribution in [2.24, 2.45) is 5.73 Å². The van der Waals surface area contributed by atoms with E-state index in [4.69, 9.17) is 5.73 Å². The van der Waals surface area contributed by atoms with Crippen molar-refractivity contribution in [2.75, 3.05) is 11.4 Å². The lowest BCUT2D eigenvalue weighted by molar-refractivity contribution is 0.555. The van der Waals surface area contributed by atoms with Crippen LogP contribution < -0.4 is 10.6 Å². The number of hydrogen-bond acceptors (Lipinski definition) is 4. The van der Waals surface area contributed by atoms with Gasteiger partial charge in [0.2, 0.25) is 0 Å². The zero-order chi connectivity index (χ0) is 14.3. The molecule has 1 aromatic heterocycles. The van der Waals surface area contributed by atoms with Crippen LogP contribution in [-0.2, 0) is 13.1 Å². The molecule has 0 bridgehead atoms. The number of anilines is 1. The number of nitrogens with two attached hydrogens (primary N) is 1. The topological polar surface area (TPSA) is 60.0 Å². The van der Waals surface area contributed by atoms with Gasteiger partial charge in [0.05, 0.1) is 6.54 Å². The summed E-state index contributed by atoms with van der Waals surface area (Å²) in [6, 6.07) is 3.22. The number of aromatic nitrogens is 3. The second kappa shape index (κ2) is 4.86. The third kappa shape index (κ3) is 2.16. The first-order valence-electron chi connectivity index (χ1n) is 6.73. The Hall–Kier alpha value is -1.95. The van der Waals surface area contributed by atoms with E-state index in [2.05, 4.69) is 15.1 Å². The Balaban J connectivity index is 2.00. The van der Waals surface area contributed by atoms with Gasteiger partial charge in [-0.2, -0.15) is 0 Å². The van der Waals surface area contributed by atoms with Crippen LogP contribution in [0.3, 0.4) is 0 Å². The monoisotopic (exact) mass is 275 g/mol. The molecular weight excluding hydrogens is 257 g/mol. The Morgan fingerprint density at radius 2 is 2.15 bits per heavy atom. The predicted octanol–water partition coefficient (Wildman–Crippen LogP) is 1.77. The van der Waals surface area contributed by atoms with Gasteiger partial charge in [-0.15, -0.1) is 10.2 Å². The van der Waals surface area contributed by atoms with Crippen molar-refractivity contribution in [3.63, 3.8) is 0 Å². The molecule has 0 amide bonds. The third-order valence-electron chi connectivity index (χ3n) is 3.78. The standard InChI is InChI=1S/C14H18FN5/c1-9-5-13(11(10(2)16)6-12(9)15)19-3-4-20-8-17-18-14(20)7-19/h5-6,8,10H,3-4,7,16H2,1-2H3. The summed E-state index contributed by atoms with van der Waals surface area (Å²) < 4.78 is 15.8. The number of aryl methyl sites for hydroxylation is 1. The van der Waals surface area contributed by atoms with Crippen LogP contribution in [0.5, 0.6) is 0 Å². The van der Waals surface area contributed by atoms with E-state index in [0.717, 1.165) is 30.2 Å². The average molecular weight is 275 g/mol. The van der Waals surface area contributed by atoms with Gasteiger partial charge in [0, 0.05) is 24.8 Å². The summed E-state index contributed by atoms with van der Waals surface area (Å²) in [5.41, 5.74) is 8.45. The van der Waals surface area contributed by atoms with Crippen LogP contribution in [0.4, 0.5) is 10.1 Å². The third-order valence-corrected chi connectivity index (χ3v) is 3.78. The number of nitrogens with zero attached hydrogens (tertiary/aromatic N) is 4. The molecule has 6 heteroatoms. The number of hydrogen-bond donors (Lipinski definition) is 1. The van der Waals surface area contributed by atoms with Crippen molar-refractivity contribution in [1.29, 1.82) is 0 Å². The van der Waals surface area contributed by atoms with Gasteiger partial charge in [-0.25, -0.2) is 4.39 Å². The van der Waals surface area contributed by atoms with Crippen LogP contribution in [-0.4, -0.2) is 21.3 Å². The molecule has 0 radical (unpaired) electrons. The first kappa shape index (κ1) is 13.1. The lowest BCUT2D eigenvalue weighted by atomic mass is 10.0. The second-order valence-corrected chi connectivity index (χ2v) is 5.31. The number of halogens is 1. The Bertz CT molecular complexity index is 634. The average Bonchev–Trinajstić information content (AvgIpc) is 2.88. The molecule has 1 aliphatic heterocycles. The summed E-state index contributed by atoms with van der Waals surface area (Å²) in [7, 11) is 0. The lowest BCUT2D eigenvalue weighted by Gasteiger charge is -2.31. The molecule has 106 valence electrons. The fourth-order valence-electron chi connectivity index (χ4n) is 2.59. The van der Waals surface area contributed by atoms with Gasteiger partial charge in [-0.05, 0) is 37.1 Å². The summed E-state index contributed by atoms with van der Waals surface area (Å²) in [4.78, 5) is 2.19. The SMILES string of the molecule is Cc1cc(N2CCn3cnnc3C2)c(C(C)N)cc1F. The Morgan fingerprint density at radius 3 is 2.90 bits per heavy atom. The van der Waals surface area contributed by atoms with Crippen molar-refractivity contribution in [2.45, 2.75) is 33.0 Å². The lowest BCUT2D eigenvalue weighted by Crippen LogP contribution is -2.34. The van der Waals surface area contributed by atoms with Crippen LogP contribution in [0.25, 0.3) is 0 Å². The largest absolute Gasteiger partial charge is 0.362 e. The van der Waals surface area contributed by atoms with Crippen molar-refractivity contribution in [1.82, 2.24) is 14.8 Å². The van der Waals surface area contributed by atoms with Crippen molar-refractivity contribution < 1.29 is 4.39 Å². The van der Waals surface area contributed by atoms with E-state index in [1.54, 1.807) is 19.3 Å². The first-order chi connectivity index (χ1) is 9.56. The summed E-state index contributed by atoms with van der Waals surface area (Å²) >= 11 is 0. The maximum Gasteiger partial charge on any atom is 0.152 e. The maximum atomic E-state index is 13.8. The minimum atomic E-state index is -0.208. The molecule has 1 atom stereocenters. The van der Waals surface area contributed by atoms with Gasteiger partial charge >= 0.3 is 0 Å². The molecule has 2 N–H and O–H groups in total. The fourth-order valence-corrected chi connectivity index (χ4v) is 2.59. The molecule has 0 saturated carbocycles. The second-order valence-electron chi connectivity index (χ2n) is 5.31. The molecule has 0 fully saturated rings. The van der Waals surface area contributed by atoms with Crippen LogP contribution in [0.1, 0.15) is 29.9 Å². The van der Waals surface area contributed by atoms with E-state index in [0.29, 0.717) is 12.1 Å². The molecule has 0 spiro atoms. The predicted molar refractivity (Wildman–Crippen MR) is 74.8 cm³/mol. The van der Waals surface area contributed by atoms with Gasteiger partial charge in [0.15, 0.2) is 5.82 Å². The van der Waals surface area contributed by atoms with E-state index in [1.165, 1.54) is 0 Å². The van der Waals surface area contributed by atoms with Gasteiger partial charge < -0.3 is 15.2 Å². The first-order valence-corrected chi connectivity index (χ1v) is 6.73. The van der Waals surface area contributed by atoms with Gasteiger partial charge in [-0.3, -0.25) is 0 Å². The van der Waals surface area contributed by atoms with Gasteiger partial charge in [0.1, 0.15) is 12.1 Å². The van der Waals surface area contributed by atoms with E-state index in [-0.39, 0.29) is 11.9 Å². The number of rotatable bonds is 2. The highest BCUT2D eigenvalue weighted by atomic mass is 19.1. The van der Waals surface area contributed by atoms with E-state index >= 15 is 0 Å². The Labute approximate surface area is 117 Å². The minimum absolute atomic E-state index is 0.207. The Kier molecular flexibility index (Phi) is 3.17. The quantitative estimate of drug-likeness (QED) is 0.907. The van der Waals surface area contributed by atoms with E-state index in [9.17, 15) is 4.39 Å². The molecular formula is C14H18FN5. The van der Waals surface area contributed by atoms with Crippen LogP contribution in [0.15, 0.2) is 18.5 Å². The van der Waals surface area contributed by atoms with E-state index < -0.39 is 0 Å². The van der Waals surface area contributed by atoms with Crippen LogP contribution in [0.2, 0.25) is 0 Å². The molecule has 0 aliphatic carbocycles. The zero-order valence-corrected chi connectivity index (χ0v) is 11.7. The van der Waals surface area contributed by atoms with Gasteiger partial charge in [-0.1, -0.05) is 0 Å². The highest BCUT2D eigenvalue weighted by molar-refractivity contribution is 5.57. The molecule has 3 rings (SSSR count). The minimum Gasteiger partial charge on any atom is -0.362 e. The zero-order valence-electron chi connectivity index (χ0n) is 11.7. The van der Waals surface area contributed by atoms with Crippen molar-refractivity contribution >= 4 is 5.69 Å².